The molecule has 0 fully saturated rings. The van der Waals surface area contributed by atoms with Crippen molar-refractivity contribution in [3.05, 3.63) is 78.8 Å². The van der Waals surface area contributed by atoms with Crippen molar-refractivity contribution in [1.82, 2.24) is 4.98 Å². The van der Waals surface area contributed by atoms with E-state index in [1.165, 1.54) is 19.9 Å². The maximum Gasteiger partial charge on any atom is 0.155 e. The fraction of sp³-hybridized carbons (Fsp3) is 0.0909. The Hall–Kier alpha value is -2.75. The van der Waals surface area contributed by atoms with Gasteiger partial charge in [-0.1, -0.05) is 12.1 Å². The maximum absolute atomic E-state index is 10.0. The summed E-state index contributed by atoms with van der Waals surface area (Å²) in [6.45, 7) is 2.85. The van der Waals surface area contributed by atoms with Crippen LogP contribution in [0.25, 0.3) is 33.1 Å². The van der Waals surface area contributed by atoms with E-state index in [4.69, 9.17) is 14.5 Å². The molecule has 5 heteroatoms. The quantitative estimate of drug-likeness (QED) is 0.209. The molecule has 2 heterocycles. The van der Waals surface area contributed by atoms with Crippen molar-refractivity contribution in [3.8, 4) is 11.3 Å². The first-order valence-electron chi connectivity index (χ1n) is 8.17. The molecule has 4 nitrogen and oxygen atoms in total. The topological polar surface area (TPSA) is 63.3 Å². The fourth-order valence-electron chi connectivity index (χ4n) is 2.69. The molecule has 0 saturated heterocycles. The van der Waals surface area contributed by atoms with Crippen LogP contribution >= 0.6 is 0 Å². The number of ketones is 1. The predicted molar refractivity (Wildman–Crippen MR) is 103 cm³/mol. The molecule has 0 amide bonds. The molecule has 2 aromatic carbocycles. The average molecular weight is 537 g/mol. The zero-order chi connectivity index (χ0) is 18.5. The molecule has 1 radical (unpaired) electrons. The van der Waals surface area contributed by atoms with E-state index in [0.717, 1.165) is 33.1 Å². The van der Waals surface area contributed by atoms with E-state index in [1.54, 1.807) is 6.26 Å². The molecular weight excluding hydrogens is 518 g/mol. The van der Waals surface area contributed by atoms with Gasteiger partial charge in [-0.2, -0.15) is 0 Å². The number of carbonyl (C=O) groups is 1. The summed E-state index contributed by atoms with van der Waals surface area (Å²) >= 11 is 0. The molecule has 0 unspecified atom stereocenters. The number of pyridine rings is 1. The predicted octanol–water partition coefficient (Wildman–Crippen LogP) is 5.48. The summed E-state index contributed by atoms with van der Waals surface area (Å²) in [7, 11) is 0. The average Bonchev–Trinajstić information content (AvgIpc) is 3.11. The molecule has 0 aliphatic heterocycles. The maximum atomic E-state index is 10.0. The Morgan fingerprint density at radius 1 is 1.07 bits per heavy atom. The number of hydrogen-bond acceptors (Lipinski definition) is 4. The third kappa shape index (κ3) is 4.91. The number of aliphatic hydroxyl groups is 1. The van der Waals surface area contributed by atoms with Crippen LogP contribution in [0.2, 0.25) is 0 Å². The van der Waals surface area contributed by atoms with Gasteiger partial charge in [-0.25, -0.2) is 0 Å². The van der Waals surface area contributed by atoms with Crippen molar-refractivity contribution in [2.24, 2.45) is 0 Å². The Kier molecular flexibility index (Phi) is 7.05. The van der Waals surface area contributed by atoms with Gasteiger partial charge in [0.1, 0.15) is 5.58 Å². The minimum absolute atomic E-state index is 0. The van der Waals surface area contributed by atoms with Crippen LogP contribution in [0.3, 0.4) is 0 Å². The minimum Gasteiger partial charge on any atom is -0.512 e. The molecule has 0 saturated carbocycles. The van der Waals surface area contributed by atoms with Gasteiger partial charge in [-0.3, -0.25) is 9.78 Å². The van der Waals surface area contributed by atoms with Crippen LogP contribution in [0.5, 0.6) is 0 Å². The van der Waals surface area contributed by atoms with Gasteiger partial charge >= 0.3 is 0 Å². The first-order chi connectivity index (χ1) is 12.6. The summed E-state index contributed by atoms with van der Waals surface area (Å²) in [5.41, 5.74) is 3.73. The van der Waals surface area contributed by atoms with E-state index in [2.05, 4.69) is 6.07 Å². The molecule has 27 heavy (non-hydrogen) atoms. The van der Waals surface area contributed by atoms with Crippen molar-refractivity contribution in [2.45, 2.75) is 13.8 Å². The number of aliphatic hydroxyl groups excluding tert-OH is 1. The summed E-state index contributed by atoms with van der Waals surface area (Å²) in [6, 6.07) is 21.1. The number of aromatic nitrogens is 1. The minimum atomic E-state index is -0.125. The van der Waals surface area contributed by atoms with Gasteiger partial charge in [0, 0.05) is 37.0 Å². The Morgan fingerprint density at radius 3 is 2.44 bits per heavy atom. The standard InChI is InChI=1S/C17H10NO.C5H8O2.Ir/c1-2-6-12(7-3-1)16-14-10-11-19-17(14)13-8-4-5-9-15(13)18-16;1-4(6)3-5(2)7;/h1-6,8-11H;3,6H,1-2H3;/q-1;;/b;4-3-;. The third-order valence-corrected chi connectivity index (χ3v) is 3.68. The second-order valence-electron chi connectivity index (χ2n) is 5.81. The van der Waals surface area contributed by atoms with Crippen LogP contribution in [0.1, 0.15) is 13.8 Å². The van der Waals surface area contributed by atoms with E-state index in [0.29, 0.717) is 0 Å². The second kappa shape index (κ2) is 9.26. The van der Waals surface area contributed by atoms with Crippen LogP contribution in [-0.4, -0.2) is 15.9 Å². The van der Waals surface area contributed by atoms with Gasteiger partial charge in [-0.05, 0) is 37.7 Å². The second-order valence-corrected chi connectivity index (χ2v) is 5.81. The Labute approximate surface area is 170 Å². The first-order valence-corrected chi connectivity index (χ1v) is 8.17. The van der Waals surface area contributed by atoms with Gasteiger partial charge in [0.25, 0.3) is 0 Å². The molecule has 4 aromatic rings. The normalized spacial score (nSPS) is 10.8. The Morgan fingerprint density at radius 2 is 1.81 bits per heavy atom. The molecule has 0 aliphatic rings. The number of furan rings is 1. The number of carbonyl (C=O) groups excluding carboxylic acids is 1. The van der Waals surface area contributed by atoms with Crippen molar-refractivity contribution in [2.75, 3.05) is 0 Å². The fourth-order valence-corrected chi connectivity index (χ4v) is 2.69. The van der Waals surface area contributed by atoms with Gasteiger partial charge in [-0.15, -0.1) is 35.9 Å². The summed E-state index contributed by atoms with van der Waals surface area (Å²) in [5.74, 6) is -0.0625. The van der Waals surface area contributed by atoms with E-state index in [-0.39, 0.29) is 31.6 Å². The Balaban J connectivity index is 0.000000285. The molecule has 0 bridgehead atoms. The zero-order valence-electron chi connectivity index (χ0n) is 14.9. The number of benzene rings is 2. The van der Waals surface area contributed by atoms with E-state index in [9.17, 15) is 4.79 Å². The van der Waals surface area contributed by atoms with Gasteiger partial charge in [0.2, 0.25) is 0 Å². The van der Waals surface area contributed by atoms with Crippen LogP contribution in [0, 0.1) is 6.07 Å². The summed E-state index contributed by atoms with van der Waals surface area (Å²) in [4.78, 5) is 14.8. The largest absolute Gasteiger partial charge is 0.512 e. The smallest absolute Gasteiger partial charge is 0.155 e. The van der Waals surface area contributed by atoms with Gasteiger partial charge < -0.3 is 9.52 Å². The number of hydrogen-bond donors (Lipinski definition) is 1. The van der Waals surface area contributed by atoms with Crippen molar-refractivity contribution in [3.63, 3.8) is 0 Å². The van der Waals surface area contributed by atoms with Gasteiger partial charge in [0.05, 0.1) is 17.5 Å². The van der Waals surface area contributed by atoms with Gasteiger partial charge in [0.15, 0.2) is 5.78 Å². The first kappa shape index (κ1) is 20.6. The number of rotatable bonds is 2. The summed E-state index contributed by atoms with van der Waals surface area (Å²) in [6.07, 6.45) is 2.88. The Bertz CT molecular complexity index is 1080. The van der Waals surface area contributed by atoms with Crippen LogP contribution < -0.4 is 0 Å². The van der Waals surface area contributed by atoms with E-state index in [1.807, 2.05) is 54.6 Å². The summed E-state index contributed by atoms with van der Waals surface area (Å²) in [5, 5.41) is 10.4. The molecule has 2 aromatic heterocycles. The molecule has 0 atom stereocenters. The molecule has 0 spiro atoms. The van der Waals surface area contributed by atoms with Crippen LogP contribution in [0.15, 0.2) is 77.1 Å². The molecule has 139 valence electrons. The number of allylic oxidation sites excluding steroid dienone is 2. The molecular formula is C22H18IrNO3-. The van der Waals surface area contributed by atoms with Crippen molar-refractivity contribution >= 4 is 27.7 Å². The van der Waals surface area contributed by atoms with E-state index >= 15 is 0 Å². The van der Waals surface area contributed by atoms with Crippen LogP contribution in [0.4, 0.5) is 0 Å². The van der Waals surface area contributed by atoms with Crippen molar-refractivity contribution < 1.29 is 34.4 Å². The SMILES string of the molecule is CC(=O)/C=C(/C)O.[Ir].[c-]1ccccc1-c1nc2ccccc2c2occc12. The zero-order valence-corrected chi connectivity index (χ0v) is 17.3. The van der Waals surface area contributed by atoms with E-state index < -0.39 is 0 Å². The monoisotopic (exact) mass is 537 g/mol. The summed E-state index contributed by atoms with van der Waals surface area (Å²) < 4.78 is 5.64. The molecule has 1 N–H and O–H groups in total. The van der Waals surface area contributed by atoms with Crippen LogP contribution in [-0.2, 0) is 24.9 Å². The number of nitrogens with zero attached hydrogens (tertiary/aromatic N) is 1. The number of para-hydroxylation sites is 1. The molecule has 0 aliphatic carbocycles. The molecule has 4 rings (SSSR count). The van der Waals surface area contributed by atoms with Crippen molar-refractivity contribution in [1.29, 1.82) is 0 Å². The number of fused-ring (bicyclic) bond motifs is 3. The third-order valence-electron chi connectivity index (χ3n) is 3.68.